The molecule has 2 heterocycles. The minimum Gasteiger partial charge on any atom is -0.481 e. The van der Waals surface area contributed by atoms with Crippen molar-refractivity contribution in [1.29, 1.82) is 0 Å². The van der Waals surface area contributed by atoms with Gasteiger partial charge in [0.1, 0.15) is 0 Å². The summed E-state index contributed by atoms with van der Waals surface area (Å²) < 4.78 is 4.63. The Bertz CT molecular complexity index is 325. The van der Waals surface area contributed by atoms with E-state index in [1.807, 2.05) is 4.90 Å². The Morgan fingerprint density at radius 3 is 3.27 bits per heavy atom. The van der Waals surface area contributed by atoms with E-state index in [-0.39, 0.29) is 5.92 Å². The van der Waals surface area contributed by atoms with E-state index in [1.54, 1.807) is 0 Å². The van der Waals surface area contributed by atoms with Crippen molar-refractivity contribution in [3.63, 3.8) is 0 Å². The number of hydrogen-bond acceptors (Lipinski definition) is 5. The van der Waals surface area contributed by atoms with Crippen LogP contribution >= 0.6 is 0 Å². The van der Waals surface area contributed by atoms with Crippen LogP contribution in [0.25, 0.3) is 0 Å². The number of hydrogen-bond donors (Lipinski definition) is 1. The number of carbonyl (C=O) groups is 1. The quantitative estimate of drug-likeness (QED) is 0.777. The van der Waals surface area contributed by atoms with Gasteiger partial charge in [-0.2, -0.15) is 4.98 Å². The van der Waals surface area contributed by atoms with E-state index >= 15 is 0 Å². The molecule has 15 heavy (non-hydrogen) atoms. The monoisotopic (exact) mass is 211 g/mol. The van der Waals surface area contributed by atoms with Gasteiger partial charge in [0.2, 0.25) is 6.39 Å². The first kappa shape index (κ1) is 10.1. The molecule has 0 amide bonds. The van der Waals surface area contributed by atoms with Crippen molar-refractivity contribution in [3.05, 3.63) is 12.2 Å². The van der Waals surface area contributed by atoms with Crippen LogP contribution in [0.1, 0.15) is 18.7 Å². The predicted molar refractivity (Wildman–Crippen MR) is 49.9 cm³/mol. The van der Waals surface area contributed by atoms with Crippen molar-refractivity contribution < 1.29 is 14.4 Å². The highest BCUT2D eigenvalue weighted by Crippen LogP contribution is 2.17. The molecule has 1 aromatic rings. The van der Waals surface area contributed by atoms with Gasteiger partial charge in [-0.3, -0.25) is 9.69 Å². The number of likely N-dealkylation sites (tertiary alicyclic amines) is 1. The van der Waals surface area contributed by atoms with Gasteiger partial charge >= 0.3 is 5.97 Å². The Kier molecular flexibility index (Phi) is 2.96. The average molecular weight is 211 g/mol. The molecular weight excluding hydrogens is 198 g/mol. The van der Waals surface area contributed by atoms with Crippen LogP contribution in [0, 0.1) is 5.92 Å². The lowest BCUT2D eigenvalue weighted by Gasteiger charge is -2.29. The second-order valence-corrected chi connectivity index (χ2v) is 3.76. The van der Waals surface area contributed by atoms with Crippen molar-refractivity contribution in [1.82, 2.24) is 15.0 Å². The number of nitrogens with zero attached hydrogens (tertiary/aromatic N) is 3. The van der Waals surface area contributed by atoms with E-state index in [4.69, 9.17) is 5.11 Å². The molecule has 82 valence electrons. The fraction of sp³-hybridized carbons (Fsp3) is 0.667. The maximum Gasteiger partial charge on any atom is 0.307 e. The maximum atomic E-state index is 10.8. The van der Waals surface area contributed by atoms with E-state index in [2.05, 4.69) is 14.7 Å². The van der Waals surface area contributed by atoms with Gasteiger partial charge in [0, 0.05) is 6.54 Å². The molecular formula is C9H13N3O3. The Labute approximate surface area is 86.9 Å². The lowest BCUT2D eigenvalue weighted by molar-refractivity contribution is -0.143. The number of carboxylic acid groups (broad SMARTS) is 1. The molecule has 6 heteroatoms. The van der Waals surface area contributed by atoms with E-state index in [1.165, 1.54) is 6.39 Å². The van der Waals surface area contributed by atoms with E-state index < -0.39 is 5.97 Å². The van der Waals surface area contributed by atoms with Gasteiger partial charge in [-0.1, -0.05) is 5.16 Å². The third-order valence-corrected chi connectivity index (χ3v) is 2.63. The number of carboxylic acids is 1. The summed E-state index contributed by atoms with van der Waals surface area (Å²) in [7, 11) is 0. The number of rotatable bonds is 3. The average Bonchev–Trinajstić information content (AvgIpc) is 2.71. The van der Waals surface area contributed by atoms with Crippen LogP contribution in [-0.4, -0.2) is 39.2 Å². The summed E-state index contributed by atoms with van der Waals surface area (Å²) in [6, 6.07) is 0. The Balaban J connectivity index is 1.90. The van der Waals surface area contributed by atoms with Gasteiger partial charge in [-0.15, -0.1) is 0 Å². The minimum absolute atomic E-state index is 0.259. The van der Waals surface area contributed by atoms with Crippen LogP contribution < -0.4 is 0 Å². The molecule has 0 aliphatic carbocycles. The molecule has 1 aliphatic heterocycles. The second kappa shape index (κ2) is 4.39. The fourth-order valence-corrected chi connectivity index (χ4v) is 1.86. The third kappa shape index (κ3) is 2.53. The molecule has 0 aromatic carbocycles. The van der Waals surface area contributed by atoms with Gasteiger partial charge in [-0.25, -0.2) is 0 Å². The molecule has 1 aromatic heterocycles. The van der Waals surface area contributed by atoms with E-state index in [0.29, 0.717) is 18.9 Å². The molecule has 1 fully saturated rings. The summed E-state index contributed by atoms with van der Waals surface area (Å²) in [6.07, 6.45) is 2.96. The molecule has 0 radical (unpaired) electrons. The second-order valence-electron chi connectivity index (χ2n) is 3.76. The van der Waals surface area contributed by atoms with Gasteiger partial charge in [0.05, 0.1) is 12.5 Å². The van der Waals surface area contributed by atoms with Crippen LogP contribution in [0.2, 0.25) is 0 Å². The Hall–Kier alpha value is -1.43. The summed E-state index contributed by atoms with van der Waals surface area (Å²) in [6.45, 7) is 2.04. The Morgan fingerprint density at radius 2 is 2.60 bits per heavy atom. The maximum absolute atomic E-state index is 10.8. The summed E-state index contributed by atoms with van der Waals surface area (Å²) >= 11 is 0. The molecule has 0 bridgehead atoms. The molecule has 6 nitrogen and oxygen atoms in total. The first-order valence-corrected chi connectivity index (χ1v) is 4.96. The zero-order valence-corrected chi connectivity index (χ0v) is 8.30. The summed E-state index contributed by atoms with van der Waals surface area (Å²) in [5.41, 5.74) is 0. The van der Waals surface area contributed by atoms with Crippen LogP contribution in [0.5, 0.6) is 0 Å². The predicted octanol–water partition coefficient (Wildman–Crippen LogP) is 0.366. The molecule has 2 rings (SSSR count). The van der Waals surface area contributed by atoms with E-state index in [9.17, 15) is 4.79 Å². The van der Waals surface area contributed by atoms with Crippen molar-refractivity contribution >= 4 is 5.97 Å². The SMILES string of the molecule is O=C(O)C1CCCN(Cc2ncon2)C1. The van der Waals surface area contributed by atoms with Gasteiger partial charge in [-0.05, 0) is 19.4 Å². The fourth-order valence-electron chi connectivity index (χ4n) is 1.86. The molecule has 1 atom stereocenters. The highest BCUT2D eigenvalue weighted by atomic mass is 16.5. The first-order valence-electron chi connectivity index (χ1n) is 4.96. The van der Waals surface area contributed by atoms with Gasteiger partial charge < -0.3 is 9.63 Å². The van der Waals surface area contributed by atoms with Crippen LogP contribution in [0.4, 0.5) is 0 Å². The third-order valence-electron chi connectivity index (χ3n) is 2.63. The zero-order valence-electron chi connectivity index (χ0n) is 8.30. The first-order chi connectivity index (χ1) is 7.25. The largest absolute Gasteiger partial charge is 0.481 e. The van der Waals surface area contributed by atoms with Crippen molar-refractivity contribution in [3.8, 4) is 0 Å². The number of aromatic nitrogens is 2. The molecule has 1 N–H and O–H groups in total. The van der Waals surface area contributed by atoms with Gasteiger partial charge in [0.25, 0.3) is 0 Å². The van der Waals surface area contributed by atoms with Crippen molar-refractivity contribution in [2.75, 3.05) is 13.1 Å². The molecule has 1 unspecified atom stereocenters. The highest BCUT2D eigenvalue weighted by molar-refractivity contribution is 5.70. The van der Waals surface area contributed by atoms with Crippen LogP contribution in [-0.2, 0) is 11.3 Å². The van der Waals surface area contributed by atoms with Crippen LogP contribution in [0.15, 0.2) is 10.9 Å². The highest BCUT2D eigenvalue weighted by Gasteiger charge is 2.25. The molecule has 1 aliphatic rings. The molecule has 1 saturated heterocycles. The summed E-state index contributed by atoms with van der Waals surface area (Å²) in [5.74, 6) is -0.362. The normalized spacial score (nSPS) is 22.8. The summed E-state index contributed by atoms with van der Waals surface area (Å²) in [4.78, 5) is 16.8. The molecule has 0 spiro atoms. The topological polar surface area (TPSA) is 79.5 Å². The molecule has 0 saturated carbocycles. The zero-order chi connectivity index (χ0) is 10.7. The number of aliphatic carboxylic acids is 1. The minimum atomic E-state index is -0.715. The number of piperidine rings is 1. The lowest BCUT2D eigenvalue weighted by Crippen LogP contribution is -2.38. The lowest BCUT2D eigenvalue weighted by atomic mass is 9.98. The standard InChI is InChI=1S/C9H13N3O3/c13-9(14)7-2-1-3-12(4-7)5-8-10-6-15-11-8/h6-7H,1-5H2,(H,13,14). The van der Waals surface area contributed by atoms with Crippen molar-refractivity contribution in [2.45, 2.75) is 19.4 Å². The van der Waals surface area contributed by atoms with Crippen LogP contribution in [0.3, 0.4) is 0 Å². The summed E-state index contributed by atoms with van der Waals surface area (Å²) in [5, 5.41) is 12.6. The van der Waals surface area contributed by atoms with Crippen molar-refractivity contribution in [2.24, 2.45) is 5.92 Å². The van der Waals surface area contributed by atoms with Gasteiger partial charge in [0.15, 0.2) is 5.82 Å². The van der Waals surface area contributed by atoms with E-state index in [0.717, 1.165) is 19.4 Å². The smallest absolute Gasteiger partial charge is 0.307 e. The Morgan fingerprint density at radius 1 is 1.73 bits per heavy atom.